The van der Waals surface area contributed by atoms with Crippen LogP contribution >= 0.6 is 22.1 Å². The van der Waals surface area contributed by atoms with E-state index in [0.717, 1.165) is 18.3 Å². The molecular weight excluding hydrogens is 462 g/mol. The second-order valence-electron chi connectivity index (χ2n) is 8.42. The molecule has 0 radical (unpaired) electrons. The van der Waals surface area contributed by atoms with Gasteiger partial charge in [0.05, 0.1) is 21.2 Å². The molecule has 4 heterocycles. The average Bonchev–Trinajstić information content (AvgIpc) is 3.13. The second kappa shape index (κ2) is 7.62. The lowest BCUT2D eigenvalue weighted by Crippen LogP contribution is -2.57. The molecule has 12 heteroatoms. The fourth-order valence-corrected chi connectivity index (χ4v) is 7.80. The van der Waals surface area contributed by atoms with E-state index in [1.807, 2.05) is 13.8 Å². The zero-order valence-corrected chi connectivity index (χ0v) is 19.2. The summed E-state index contributed by atoms with van der Waals surface area (Å²) in [6.07, 6.45) is 1.42. The van der Waals surface area contributed by atoms with E-state index in [-0.39, 0.29) is 28.1 Å². The van der Waals surface area contributed by atoms with Crippen molar-refractivity contribution in [2.24, 2.45) is 10.7 Å². The van der Waals surface area contributed by atoms with Gasteiger partial charge in [0.1, 0.15) is 40.2 Å². The Hall–Kier alpha value is -2.34. The third-order valence-electron chi connectivity index (χ3n) is 6.10. The van der Waals surface area contributed by atoms with Gasteiger partial charge in [0.2, 0.25) is 0 Å². The maximum absolute atomic E-state index is 15.0. The van der Waals surface area contributed by atoms with Crippen molar-refractivity contribution in [3.8, 4) is 0 Å². The van der Waals surface area contributed by atoms with E-state index < -0.39 is 43.6 Å². The lowest BCUT2D eigenvalue weighted by atomic mass is 9.90. The Labute approximate surface area is 190 Å². The summed E-state index contributed by atoms with van der Waals surface area (Å²) >= 11 is 5.90. The van der Waals surface area contributed by atoms with Gasteiger partial charge in [0.15, 0.2) is 0 Å². The van der Waals surface area contributed by atoms with Crippen LogP contribution in [-0.4, -0.2) is 42.8 Å². The average molecular weight is 485 g/mol. The summed E-state index contributed by atoms with van der Waals surface area (Å²) in [4.78, 5) is 25.2. The summed E-state index contributed by atoms with van der Waals surface area (Å²) in [6.45, 7) is 5.84. The summed E-state index contributed by atoms with van der Waals surface area (Å²) in [6, 6.07) is 3.40. The number of amidine groups is 1. The molecule has 2 aromatic heterocycles. The minimum Gasteiger partial charge on any atom is -0.386 e. The van der Waals surface area contributed by atoms with Crippen molar-refractivity contribution in [2.45, 2.75) is 42.7 Å². The first kappa shape index (κ1) is 22.8. The standard InChI is InChI=1S/C20H23ClF2N6O2S/c1-19(2)18(24)29-20(3,13-6-7-26-32(13,19)31)16-12(23)4-5-14(27-16)28-17(30)15-11(21)8-10(22)9-25-15/h4-5,8-9,13,26,31H,6-7H2,1-3H3,(H2,24,29)(H,27,28,30)/t13-,20+/m1/s1. The quantitative estimate of drug-likeness (QED) is 0.527. The SMILES string of the molecule is CC1(C)C(N)=N[C@](C)(c2nc(NC(=O)c3ncc(F)cc3Cl)ccc2F)[C@H]2CCN[S@]21O. The van der Waals surface area contributed by atoms with Gasteiger partial charge in [-0.05, 0) is 45.4 Å². The van der Waals surface area contributed by atoms with Gasteiger partial charge in [-0.1, -0.05) is 22.1 Å². The number of nitrogens with one attached hydrogen (secondary N) is 2. The molecule has 8 nitrogen and oxygen atoms in total. The number of halogens is 3. The van der Waals surface area contributed by atoms with Crippen LogP contribution in [0.2, 0.25) is 5.02 Å². The molecule has 172 valence electrons. The van der Waals surface area contributed by atoms with Crippen molar-refractivity contribution >= 4 is 39.7 Å². The summed E-state index contributed by atoms with van der Waals surface area (Å²) in [7, 11) is -2.50. The van der Waals surface area contributed by atoms with Crippen LogP contribution in [0.25, 0.3) is 0 Å². The molecule has 5 N–H and O–H groups in total. The van der Waals surface area contributed by atoms with Crippen molar-refractivity contribution in [1.29, 1.82) is 0 Å². The van der Waals surface area contributed by atoms with Gasteiger partial charge in [0.25, 0.3) is 5.91 Å². The Bertz CT molecular complexity index is 1150. The predicted molar refractivity (Wildman–Crippen MR) is 121 cm³/mol. The first-order chi connectivity index (χ1) is 14.9. The van der Waals surface area contributed by atoms with Gasteiger partial charge < -0.3 is 15.6 Å². The Morgan fingerprint density at radius 1 is 1.38 bits per heavy atom. The normalized spacial score (nSPS) is 28.7. The van der Waals surface area contributed by atoms with Crippen molar-refractivity contribution in [1.82, 2.24) is 14.7 Å². The first-order valence-electron chi connectivity index (χ1n) is 9.84. The van der Waals surface area contributed by atoms with Gasteiger partial charge >= 0.3 is 0 Å². The third kappa shape index (κ3) is 3.35. The molecule has 1 amide bonds. The van der Waals surface area contributed by atoms with Gasteiger partial charge in [0, 0.05) is 6.54 Å². The highest BCUT2D eigenvalue weighted by atomic mass is 35.5. The molecule has 3 atom stereocenters. The number of carbonyl (C=O) groups excluding carboxylic acids is 1. The van der Waals surface area contributed by atoms with Crippen molar-refractivity contribution < 1.29 is 18.1 Å². The van der Waals surface area contributed by atoms with E-state index in [9.17, 15) is 13.7 Å². The number of nitrogens with two attached hydrogens (primary N) is 1. The van der Waals surface area contributed by atoms with E-state index in [0.29, 0.717) is 13.0 Å². The second-order valence-corrected chi connectivity index (χ2v) is 12.0. The lowest BCUT2D eigenvalue weighted by molar-refractivity contribution is 0.102. The fourth-order valence-electron chi connectivity index (χ4n) is 4.21. The zero-order chi connectivity index (χ0) is 23.5. The van der Waals surface area contributed by atoms with Crippen molar-refractivity contribution in [3.05, 3.63) is 52.4 Å². The highest BCUT2D eigenvalue weighted by Crippen LogP contribution is 2.67. The minimum absolute atomic E-state index is 0.0258. The smallest absolute Gasteiger partial charge is 0.276 e. The van der Waals surface area contributed by atoms with E-state index in [2.05, 4.69) is 25.0 Å². The number of amides is 1. The van der Waals surface area contributed by atoms with E-state index in [1.54, 1.807) is 6.92 Å². The molecule has 2 aliphatic heterocycles. The minimum atomic E-state index is -2.50. The number of nitrogens with zero attached hydrogens (tertiary/aromatic N) is 3. The number of carbonyl (C=O) groups is 1. The maximum atomic E-state index is 15.0. The molecular formula is C20H23ClF2N6O2S. The van der Waals surface area contributed by atoms with Crippen LogP contribution in [0.5, 0.6) is 0 Å². The van der Waals surface area contributed by atoms with Gasteiger partial charge in [-0.3, -0.25) is 14.5 Å². The van der Waals surface area contributed by atoms with Crippen LogP contribution in [0.3, 0.4) is 0 Å². The van der Waals surface area contributed by atoms with Crippen LogP contribution in [-0.2, 0) is 5.54 Å². The van der Waals surface area contributed by atoms with Gasteiger partial charge in [-0.2, -0.15) is 0 Å². The first-order valence-corrected chi connectivity index (χ1v) is 11.9. The lowest BCUT2D eigenvalue weighted by Gasteiger charge is -2.55. The van der Waals surface area contributed by atoms with Crippen LogP contribution in [0.4, 0.5) is 14.6 Å². The van der Waals surface area contributed by atoms with Gasteiger partial charge in [-0.25, -0.2) is 18.7 Å². The third-order valence-corrected chi connectivity index (χ3v) is 10.3. The molecule has 1 fully saturated rings. The largest absolute Gasteiger partial charge is 0.386 e. The number of hydrogen-bond acceptors (Lipinski definition) is 7. The number of rotatable bonds is 3. The number of aliphatic imine (C=N–C) groups is 1. The molecule has 0 saturated carbocycles. The van der Waals surface area contributed by atoms with Crippen molar-refractivity contribution in [3.63, 3.8) is 0 Å². The Kier molecular flexibility index (Phi) is 5.44. The Morgan fingerprint density at radius 3 is 2.78 bits per heavy atom. The highest BCUT2D eigenvalue weighted by molar-refractivity contribution is 8.29. The van der Waals surface area contributed by atoms with E-state index >= 15 is 4.39 Å². The van der Waals surface area contributed by atoms with Crippen LogP contribution < -0.4 is 15.8 Å². The Balaban J connectivity index is 1.74. The molecule has 0 aromatic carbocycles. The number of fused-ring (bicyclic) bond motifs is 1. The molecule has 0 spiro atoms. The molecule has 4 rings (SSSR count). The molecule has 1 saturated heterocycles. The monoisotopic (exact) mass is 484 g/mol. The summed E-state index contributed by atoms with van der Waals surface area (Å²) in [5.74, 6) is -1.84. The van der Waals surface area contributed by atoms with E-state index in [4.69, 9.17) is 17.3 Å². The molecule has 32 heavy (non-hydrogen) atoms. The number of hydrogen-bond donors (Lipinski definition) is 4. The number of anilines is 1. The molecule has 0 unspecified atom stereocenters. The summed E-state index contributed by atoms with van der Waals surface area (Å²) < 4.78 is 42.2. The van der Waals surface area contributed by atoms with Gasteiger partial charge in [-0.15, -0.1) is 0 Å². The van der Waals surface area contributed by atoms with E-state index in [1.165, 1.54) is 6.07 Å². The molecule has 2 aliphatic rings. The topological polar surface area (TPSA) is 126 Å². The molecule has 0 bridgehead atoms. The summed E-state index contributed by atoms with van der Waals surface area (Å²) in [5, 5.41) is 1.88. The zero-order valence-electron chi connectivity index (χ0n) is 17.6. The molecule has 2 aromatic rings. The highest BCUT2D eigenvalue weighted by Gasteiger charge is 2.61. The Morgan fingerprint density at radius 2 is 2.09 bits per heavy atom. The maximum Gasteiger partial charge on any atom is 0.276 e. The van der Waals surface area contributed by atoms with Crippen LogP contribution in [0, 0.1) is 11.6 Å². The van der Waals surface area contributed by atoms with Crippen molar-refractivity contribution in [2.75, 3.05) is 11.9 Å². The van der Waals surface area contributed by atoms with Crippen LogP contribution in [0.15, 0.2) is 29.4 Å². The number of pyridine rings is 2. The number of aromatic nitrogens is 2. The van der Waals surface area contributed by atoms with Crippen LogP contribution in [0.1, 0.15) is 43.4 Å². The molecule has 0 aliphatic carbocycles. The summed E-state index contributed by atoms with van der Waals surface area (Å²) in [5.41, 5.74) is 4.73. The predicted octanol–water partition coefficient (Wildman–Crippen LogP) is 3.58. The fraction of sp³-hybridized carbons (Fsp3) is 0.400.